The third kappa shape index (κ3) is 3.80. The van der Waals surface area contributed by atoms with Gasteiger partial charge in [0.1, 0.15) is 11.7 Å². The number of nitrogens with zero attached hydrogens (tertiary/aromatic N) is 6. The summed E-state index contributed by atoms with van der Waals surface area (Å²) < 4.78 is 1.91. The van der Waals surface area contributed by atoms with Crippen LogP contribution in [0.5, 0.6) is 0 Å². The average molecular weight is 452 g/mol. The Bertz CT molecular complexity index is 1130. The van der Waals surface area contributed by atoms with Crippen molar-refractivity contribution in [3.8, 4) is 0 Å². The van der Waals surface area contributed by atoms with E-state index in [9.17, 15) is 9.90 Å². The molecular weight excluding hydrogens is 426 g/mol. The van der Waals surface area contributed by atoms with Crippen molar-refractivity contribution >= 4 is 35.1 Å². The molecule has 2 atom stereocenters. The van der Waals surface area contributed by atoms with Crippen LogP contribution in [0, 0.1) is 0 Å². The lowest BCUT2D eigenvalue weighted by Crippen LogP contribution is -2.53. The second kappa shape index (κ2) is 8.44. The molecule has 1 aromatic carbocycles. The second-order valence-electron chi connectivity index (χ2n) is 8.04. The van der Waals surface area contributed by atoms with Gasteiger partial charge in [-0.15, -0.1) is 11.8 Å². The van der Waals surface area contributed by atoms with Gasteiger partial charge in [0.25, 0.3) is 5.91 Å². The lowest BCUT2D eigenvalue weighted by molar-refractivity contribution is -0.121. The molecule has 2 N–H and O–H groups in total. The first-order valence-corrected chi connectivity index (χ1v) is 11.7. The first-order valence-electron chi connectivity index (χ1n) is 10.5. The SMILES string of the molecule is CSc1ccc(Cn2cc(CNc3ncc4c(n3)N3CC[C@@H](O)[C@H]3C(=O)N4C)cn2)cc1. The van der Waals surface area contributed by atoms with E-state index < -0.39 is 12.1 Å². The van der Waals surface area contributed by atoms with Gasteiger partial charge in [0.15, 0.2) is 5.82 Å². The quantitative estimate of drug-likeness (QED) is 0.549. The third-order valence-electron chi connectivity index (χ3n) is 5.97. The molecule has 0 aliphatic carbocycles. The highest BCUT2D eigenvalue weighted by Crippen LogP contribution is 2.38. The second-order valence-corrected chi connectivity index (χ2v) is 8.92. The molecule has 2 aliphatic heterocycles. The summed E-state index contributed by atoms with van der Waals surface area (Å²) in [7, 11) is 1.70. The topological polar surface area (TPSA) is 99.4 Å². The maximum Gasteiger partial charge on any atom is 0.252 e. The van der Waals surface area contributed by atoms with Gasteiger partial charge in [-0.2, -0.15) is 10.1 Å². The Labute approximate surface area is 190 Å². The monoisotopic (exact) mass is 451 g/mol. The number of thioether (sulfide) groups is 1. The minimum absolute atomic E-state index is 0.123. The Kier molecular flexibility index (Phi) is 5.48. The van der Waals surface area contributed by atoms with Gasteiger partial charge in [0.2, 0.25) is 5.95 Å². The number of fused-ring (bicyclic) bond motifs is 3. The molecule has 5 rings (SSSR count). The Morgan fingerprint density at radius 2 is 2.03 bits per heavy atom. The van der Waals surface area contributed by atoms with E-state index in [1.54, 1.807) is 25.0 Å². The van der Waals surface area contributed by atoms with Crippen molar-refractivity contribution in [2.24, 2.45) is 0 Å². The van der Waals surface area contributed by atoms with Crippen LogP contribution in [0.1, 0.15) is 17.5 Å². The normalized spacial score (nSPS) is 19.8. The summed E-state index contributed by atoms with van der Waals surface area (Å²) in [5, 5.41) is 17.9. The fourth-order valence-electron chi connectivity index (χ4n) is 4.21. The molecule has 1 amide bonds. The van der Waals surface area contributed by atoms with E-state index in [2.05, 4.69) is 50.9 Å². The molecule has 0 radical (unpaired) electrons. The fraction of sp³-hybridized carbons (Fsp3) is 0.364. The molecule has 32 heavy (non-hydrogen) atoms. The lowest BCUT2D eigenvalue weighted by Gasteiger charge is -2.37. The summed E-state index contributed by atoms with van der Waals surface area (Å²) in [6, 6.07) is 7.91. The minimum Gasteiger partial charge on any atom is -0.390 e. The molecule has 9 nitrogen and oxygen atoms in total. The summed E-state index contributed by atoms with van der Waals surface area (Å²) in [4.78, 5) is 26.3. The number of aliphatic hydroxyl groups excluding tert-OH is 1. The van der Waals surface area contributed by atoms with Crippen LogP contribution in [0.15, 0.2) is 47.8 Å². The highest BCUT2D eigenvalue weighted by atomic mass is 32.2. The van der Waals surface area contributed by atoms with Crippen molar-refractivity contribution in [1.29, 1.82) is 0 Å². The Hall–Kier alpha value is -3.11. The first kappa shape index (κ1) is 20.8. The van der Waals surface area contributed by atoms with E-state index in [1.807, 2.05) is 22.0 Å². The largest absolute Gasteiger partial charge is 0.390 e. The maximum atomic E-state index is 12.6. The minimum atomic E-state index is -0.674. The van der Waals surface area contributed by atoms with Crippen LogP contribution >= 0.6 is 11.8 Å². The predicted octanol–water partition coefficient (Wildman–Crippen LogP) is 1.97. The highest BCUT2D eigenvalue weighted by molar-refractivity contribution is 7.98. The molecule has 0 saturated carbocycles. The van der Waals surface area contributed by atoms with Crippen LogP contribution in [0.3, 0.4) is 0 Å². The number of carbonyl (C=O) groups is 1. The van der Waals surface area contributed by atoms with Crippen molar-refractivity contribution in [3.63, 3.8) is 0 Å². The van der Waals surface area contributed by atoms with Crippen LogP contribution in [0.2, 0.25) is 0 Å². The van der Waals surface area contributed by atoms with Gasteiger partial charge in [0.05, 0.1) is 25.0 Å². The standard InChI is InChI=1S/C22H25N7O2S/c1-27-17-11-24-22(26-20(17)29-8-7-18(30)19(29)21(27)31)23-9-15-10-25-28(13-15)12-14-3-5-16(32-2)6-4-14/h3-6,10-11,13,18-19,30H,7-9,12H2,1-2H3,(H,23,24,26)/t18-,19+/m1/s1. The zero-order valence-electron chi connectivity index (χ0n) is 18.0. The lowest BCUT2D eigenvalue weighted by atomic mass is 10.1. The molecule has 4 heterocycles. The van der Waals surface area contributed by atoms with Crippen LogP contribution < -0.4 is 15.1 Å². The molecular formula is C22H25N7O2S. The average Bonchev–Trinajstić information content (AvgIpc) is 3.43. The Morgan fingerprint density at radius 1 is 1.22 bits per heavy atom. The molecule has 1 fully saturated rings. The molecule has 0 spiro atoms. The van der Waals surface area contributed by atoms with E-state index in [4.69, 9.17) is 0 Å². The summed E-state index contributed by atoms with van der Waals surface area (Å²) in [6.07, 6.45) is 7.44. The van der Waals surface area contributed by atoms with Gasteiger partial charge in [-0.05, 0) is 30.4 Å². The zero-order chi connectivity index (χ0) is 22.2. The molecule has 1 saturated heterocycles. The van der Waals surface area contributed by atoms with Gasteiger partial charge in [-0.1, -0.05) is 12.1 Å². The maximum absolute atomic E-state index is 12.6. The van der Waals surface area contributed by atoms with Crippen molar-refractivity contribution < 1.29 is 9.90 Å². The number of hydrogen-bond acceptors (Lipinski definition) is 8. The van der Waals surface area contributed by atoms with Crippen LogP contribution in [0.4, 0.5) is 17.5 Å². The van der Waals surface area contributed by atoms with E-state index in [0.717, 1.165) is 5.56 Å². The third-order valence-corrected chi connectivity index (χ3v) is 6.72. The van der Waals surface area contributed by atoms with E-state index in [0.29, 0.717) is 43.5 Å². The van der Waals surface area contributed by atoms with Crippen molar-refractivity contribution in [1.82, 2.24) is 19.7 Å². The smallest absolute Gasteiger partial charge is 0.252 e. The molecule has 0 unspecified atom stereocenters. The molecule has 10 heteroatoms. The molecule has 0 bridgehead atoms. The molecule has 2 aliphatic rings. The van der Waals surface area contributed by atoms with E-state index in [-0.39, 0.29) is 5.91 Å². The summed E-state index contributed by atoms with van der Waals surface area (Å²) in [5.41, 5.74) is 2.88. The fourth-order valence-corrected chi connectivity index (χ4v) is 4.62. The number of carbonyl (C=O) groups excluding carboxylic acids is 1. The molecule has 166 valence electrons. The number of aromatic nitrogens is 4. The van der Waals surface area contributed by atoms with Crippen LogP contribution in [-0.2, 0) is 17.9 Å². The number of rotatable bonds is 6. The van der Waals surface area contributed by atoms with Gasteiger partial charge in [-0.3, -0.25) is 9.48 Å². The van der Waals surface area contributed by atoms with Crippen molar-refractivity contribution in [2.45, 2.75) is 36.6 Å². The predicted molar refractivity (Wildman–Crippen MR) is 124 cm³/mol. The number of aliphatic hydroxyl groups is 1. The Morgan fingerprint density at radius 3 is 2.81 bits per heavy atom. The van der Waals surface area contributed by atoms with Gasteiger partial charge >= 0.3 is 0 Å². The summed E-state index contributed by atoms with van der Waals surface area (Å²) in [5.74, 6) is 1.03. The van der Waals surface area contributed by atoms with Crippen molar-refractivity contribution in [2.75, 3.05) is 35.0 Å². The molecule has 3 aromatic rings. The number of hydrogen-bond donors (Lipinski definition) is 2. The zero-order valence-corrected chi connectivity index (χ0v) is 18.8. The van der Waals surface area contributed by atoms with Crippen molar-refractivity contribution in [3.05, 3.63) is 54.0 Å². The number of nitrogens with one attached hydrogen (secondary N) is 1. The first-order chi connectivity index (χ1) is 15.5. The number of likely N-dealkylation sites (N-methyl/N-ethyl adjacent to an activating group) is 1. The summed E-state index contributed by atoms with van der Waals surface area (Å²) >= 11 is 1.73. The number of benzene rings is 1. The van der Waals surface area contributed by atoms with Crippen LogP contribution in [-0.4, -0.2) is 62.8 Å². The summed E-state index contributed by atoms with van der Waals surface area (Å²) in [6.45, 7) is 1.84. The van der Waals surface area contributed by atoms with E-state index in [1.165, 1.54) is 15.4 Å². The number of amides is 1. The van der Waals surface area contributed by atoms with E-state index >= 15 is 0 Å². The number of anilines is 3. The molecule has 2 aromatic heterocycles. The van der Waals surface area contributed by atoms with Crippen LogP contribution in [0.25, 0.3) is 0 Å². The van der Waals surface area contributed by atoms with Gasteiger partial charge < -0.3 is 20.2 Å². The van der Waals surface area contributed by atoms with Gasteiger partial charge in [-0.25, -0.2) is 4.98 Å². The highest BCUT2D eigenvalue weighted by Gasteiger charge is 2.45. The Balaban J connectivity index is 1.27. The van der Waals surface area contributed by atoms with Gasteiger partial charge in [0, 0.05) is 36.8 Å².